The summed E-state index contributed by atoms with van der Waals surface area (Å²) in [6.07, 6.45) is 0. The largest absolute Gasteiger partial charge is 0.321 e. The summed E-state index contributed by atoms with van der Waals surface area (Å²) in [7, 11) is 0. The molecule has 0 atom stereocenters. The van der Waals surface area contributed by atoms with E-state index in [0.29, 0.717) is 23.9 Å². The van der Waals surface area contributed by atoms with E-state index in [4.69, 9.17) is 0 Å². The van der Waals surface area contributed by atoms with Crippen LogP contribution in [-0.4, -0.2) is 22.4 Å². The Kier molecular flexibility index (Phi) is 5.45. The van der Waals surface area contributed by atoms with Gasteiger partial charge in [0.1, 0.15) is 11.5 Å². The number of aryl methyl sites for hydroxylation is 2. The van der Waals surface area contributed by atoms with Gasteiger partial charge in [-0.15, -0.1) is 0 Å². The summed E-state index contributed by atoms with van der Waals surface area (Å²) in [5.41, 5.74) is 3.37. The second-order valence-electron chi connectivity index (χ2n) is 6.24. The molecule has 0 aliphatic heterocycles. The van der Waals surface area contributed by atoms with Gasteiger partial charge in [-0.25, -0.2) is 14.4 Å². The third-order valence-electron chi connectivity index (χ3n) is 4.03. The lowest BCUT2D eigenvalue weighted by Gasteiger charge is -2.22. The summed E-state index contributed by atoms with van der Waals surface area (Å²) in [6, 6.07) is 15.4. The minimum Gasteiger partial charge on any atom is -0.321 e. The van der Waals surface area contributed by atoms with E-state index in [1.165, 1.54) is 18.2 Å². The van der Waals surface area contributed by atoms with Crippen LogP contribution in [0.15, 0.2) is 54.6 Å². The molecule has 1 aromatic heterocycles. The van der Waals surface area contributed by atoms with E-state index >= 15 is 0 Å². The van der Waals surface area contributed by atoms with Crippen LogP contribution in [-0.2, 0) is 0 Å². The van der Waals surface area contributed by atoms with Gasteiger partial charge in [0.05, 0.1) is 0 Å². The highest BCUT2D eigenvalue weighted by atomic mass is 19.1. The average Bonchev–Trinajstić information content (AvgIpc) is 2.62. The Labute approximate surface area is 157 Å². The first-order chi connectivity index (χ1) is 13.0. The number of hydrogen-bond acceptors (Lipinski definition) is 4. The van der Waals surface area contributed by atoms with Crippen LogP contribution >= 0.6 is 0 Å². The predicted molar refractivity (Wildman–Crippen MR) is 105 cm³/mol. The molecule has 6 heteroatoms. The van der Waals surface area contributed by atoms with Crippen molar-refractivity contribution in [1.29, 1.82) is 0 Å². The van der Waals surface area contributed by atoms with Crippen molar-refractivity contribution in [2.75, 3.05) is 16.8 Å². The van der Waals surface area contributed by atoms with Crippen LogP contribution in [0.5, 0.6) is 0 Å². The molecule has 0 aliphatic rings. The van der Waals surface area contributed by atoms with E-state index in [1.54, 1.807) is 12.1 Å². The van der Waals surface area contributed by atoms with Crippen LogP contribution < -0.4 is 10.2 Å². The Bertz CT molecular complexity index is 974. The van der Waals surface area contributed by atoms with Gasteiger partial charge in [0.2, 0.25) is 5.95 Å². The average molecular weight is 364 g/mol. The Hall–Kier alpha value is -3.28. The number of nitrogens with one attached hydrogen (secondary N) is 1. The first-order valence-electron chi connectivity index (χ1n) is 8.73. The third kappa shape index (κ3) is 4.47. The van der Waals surface area contributed by atoms with E-state index in [0.717, 1.165) is 11.3 Å². The molecule has 1 N–H and O–H groups in total. The van der Waals surface area contributed by atoms with Crippen LogP contribution in [0.4, 0.5) is 21.7 Å². The highest BCUT2D eigenvalue weighted by Gasteiger charge is 2.16. The highest BCUT2D eigenvalue weighted by Crippen LogP contribution is 2.23. The molecular weight excluding hydrogens is 343 g/mol. The lowest BCUT2D eigenvalue weighted by molar-refractivity contribution is 0.102. The van der Waals surface area contributed by atoms with Crippen molar-refractivity contribution in [1.82, 2.24) is 9.97 Å². The summed E-state index contributed by atoms with van der Waals surface area (Å²) in [5, 5.41) is 2.67. The minimum absolute atomic E-state index is 0.230. The standard InChI is InChI=1S/C21H21FN4O/c1-4-26(18-10-5-7-14(2)11-18)21-23-15(3)12-19(25-21)20(27)24-17-9-6-8-16(22)13-17/h5-13H,4H2,1-3H3,(H,24,27). The molecule has 1 heterocycles. The zero-order valence-corrected chi connectivity index (χ0v) is 15.5. The predicted octanol–water partition coefficient (Wildman–Crippen LogP) is 4.64. The molecule has 0 saturated heterocycles. The van der Waals surface area contributed by atoms with Crippen LogP contribution in [0, 0.1) is 19.7 Å². The summed E-state index contributed by atoms with van der Waals surface area (Å²) >= 11 is 0. The van der Waals surface area contributed by atoms with E-state index in [9.17, 15) is 9.18 Å². The molecule has 0 fully saturated rings. The Balaban J connectivity index is 1.92. The van der Waals surface area contributed by atoms with Crippen LogP contribution in [0.3, 0.4) is 0 Å². The van der Waals surface area contributed by atoms with Gasteiger partial charge in [-0.1, -0.05) is 18.2 Å². The number of aromatic nitrogens is 2. The lowest BCUT2D eigenvalue weighted by atomic mass is 10.2. The van der Waals surface area contributed by atoms with Crippen molar-refractivity contribution in [2.24, 2.45) is 0 Å². The van der Waals surface area contributed by atoms with Crippen LogP contribution in [0.2, 0.25) is 0 Å². The second-order valence-corrected chi connectivity index (χ2v) is 6.24. The molecule has 3 rings (SSSR count). The van der Waals surface area contributed by atoms with Crippen molar-refractivity contribution in [3.05, 3.63) is 77.4 Å². The Morgan fingerprint density at radius 2 is 1.85 bits per heavy atom. The van der Waals surface area contributed by atoms with Gasteiger partial charge in [0.15, 0.2) is 0 Å². The highest BCUT2D eigenvalue weighted by molar-refractivity contribution is 6.03. The molecule has 0 unspecified atom stereocenters. The van der Waals surface area contributed by atoms with Gasteiger partial charge in [-0.05, 0) is 62.7 Å². The number of rotatable bonds is 5. The fourth-order valence-electron chi connectivity index (χ4n) is 2.79. The molecule has 3 aromatic rings. The topological polar surface area (TPSA) is 58.1 Å². The molecule has 0 bridgehead atoms. The summed E-state index contributed by atoms with van der Waals surface area (Å²) in [5.74, 6) is -0.371. The maximum atomic E-state index is 13.3. The number of carbonyl (C=O) groups excluding carboxylic acids is 1. The normalized spacial score (nSPS) is 10.5. The zero-order valence-electron chi connectivity index (χ0n) is 15.5. The molecule has 0 spiro atoms. The number of benzene rings is 2. The van der Waals surface area contributed by atoms with Gasteiger partial charge >= 0.3 is 0 Å². The van der Waals surface area contributed by atoms with Crippen molar-refractivity contribution < 1.29 is 9.18 Å². The van der Waals surface area contributed by atoms with Crippen molar-refractivity contribution in [3.63, 3.8) is 0 Å². The van der Waals surface area contributed by atoms with E-state index in [2.05, 4.69) is 15.3 Å². The minimum atomic E-state index is -0.413. The number of hydrogen-bond donors (Lipinski definition) is 1. The molecule has 0 radical (unpaired) electrons. The van der Waals surface area contributed by atoms with E-state index in [-0.39, 0.29) is 5.69 Å². The number of carbonyl (C=O) groups is 1. The number of nitrogens with zero attached hydrogens (tertiary/aromatic N) is 3. The van der Waals surface area contributed by atoms with Gasteiger partial charge in [0, 0.05) is 23.6 Å². The van der Waals surface area contributed by atoms with E-state index in [1.807, 2.05) is 49.9 Å². The SMILES string of the molecule is CCN(c1cccc(C)c1)c1nc(C)cc(C(=O)Nc2cccc(F)c2)n1. The maximum Gasteiger partial charge on any atom is 0.274 e. The fourth-order valence-corrected chi connectivity index (χ4v) is 2.79. The second kappa shape index (κ2) is 7.95. The molecule has 0 saturated carbocycles. The van der Waals surface area contributed by atoms with Crippen molar-refractivity contribution in [3.8, 4) is 0 Å². The Morgan fingerprint density at radius 3 is 2.56 bits per heavy atom. The number of halogens is 1. The number of amides is 1. The smallest absolute Gasteiger partial charge is 0.274 e. The van der Waals surface area contributed by atoms with Gasteiger partial charge in [-0.3, -0.25) is 4.79 Å². The summed E-state index contributed by atoms with van der Waals surface area (Å²) in [6.45, 7) is 6.49. The molecular formula is C21H21FN4O. The van der Waals surface area contributed by atoms with Gasteiger partial charge < -0.3 is 10.2 Å². The van der Waals surface area contributed by atoms with Gasteiger partial charge in [0.25, 0.3) is 5.91 Å². The van der Waals surface area contributed by atoms with Crippen LogP contribution in [0.1, 0.15) is 28.7 Å². The molecule has 27 heavy (non-hydrogen) atoms. The zero-order chi connectivity index (χ0) is 19.4. The van der Waals surface area contributed by atoms with Crippen molar-refractivity contribution >= 4 is 23.2 Å². The van der Waals surface area contributed by atoms with E-state index < -0.39 is 11.7 Å². The van der Waals surface area contributed by atoms with Crippen LogP contribution in [0.25, 0.3) is 0 Å². The first-order valence-corrected chi connectivity index (χ1v) is 8.73. The quantitative estimate of drug-likeness (QED) is 0.716. The lowest BCUT2D eigenvalue weighted by Crippen LogP contribution is -2.22. The molecule has 2 aromatic carbocycles. The fraction of sp³-hybridized carbons (Fsp3) is 0.190. The maximum absolute atomic E-state index is 13.3. The molecule has 138 valence electrons. The monoisotopic (exact) mass is 364 g/mol. The van der Waals surface area contributed by atoms with Crippen molar-refractivity contribution in [2.45, 2.75) is 20.8 Å². The molecule has 1 amide bonds. The number of anilines is 3. The molecule has 0 aliphatic carbocycles. The summed E-state index contributed by atoms with van der Waals surface area (Å²) < 4.78 is 13.3. The summed E-state index contributed by atoms with van der Waals surface area (Å²) in [4.78, 5) is 23.5. The Morgan fingerprint density at radius 1 is 1.07 bits per heavy atom. The molecule has 5 nitrogen and oxygen atoms in total. The first kappa shape index (κ1) is 18.5. The van der Waals surface area contributed by atoms with Gasteiger partial charge in [-0.2, -0.15) is 0 Å². The third-order valence-corrected chi connectivity index (χ3v) is 4.03.